The third-order valence-corrected chi connectivity index (χ3v) is 11.7. The zero-order valence-corrected chi connectivity index (χ0v) is 20.9. The molecule has 7 heteroatoms. The number of aryl methyl sites for hydroxylation is 1. The van der Waals surface area contributed by atoms with Crippen LogP contribution < -0.4 is 0 Å². The topological polar surface area (TPSA) is 92.1 Å². The average molecular weight is 472 g/mol. The highest BCUT2D eigenvalue weighted by atomic mass is 32.2. The minimum absolute atomic E-state index is 0.0789. The van der Waals surface area contributed by atoms with Crippen LogP contribution in [0.25, 0.3) is 10.4 Å². The van der Waals surface area contributed by atoms with E-state index in [0.717, 1.165) is 50.5 Å². The van der Waals surface area contributed by atoms with Crippen LogP contribution in [-0.4, -0.2) is 20.6 Å². The lowest BCUT2D eigenvalue weighted by Gasteiger charge is -2.60. The Balaban J connectivity index is 1.34. The second-order valence-electron chi connectivity index (χ2n) is 11.8. The molecule has 0 unspecified atom stereocenters. The molecule has 0 aromatic heterocycles. The lowest BCUT2D eigenvalue weighted by molar-refractivity contribution is -0.119. The number of azide groups is 1. The fraction of sp³-hybridized carbons (Fsp3) is 0.769. The van der Waals surface area contributed by atoms with Crippen LogP contribution in [0.4, 0.5) is 0 Å². The lowest BCUT2D eigenvalue weighted by Crippen LogP contribution is -2.54. The van der Waals surface area contributed by atoms with Gasteiger partial charge in [0, 0.05) is 11.0 Å². The van der Waals surface area contributed by atoms with Gasteiger partial charge in [0.2, 0.25) is 0 Å². The van der Waals surface area contributed by atoms with E-state index in [2.05, 4.69) is 23.9 Å². The van der Waals surface area contributed by atoms with Crippen molar-refractivity contribution in [1.29, 1.82) is 0 Å². The van der Waals surface area contributed by atoms with Crippen molar-refractivity contribution in [3.63, 3.8) is 0 Å². The minimum Gasteiger partial charge on any atom is -0.262 e. The molecule has 4 saturated carbocycles. The molecular formula is C26H37N3O3S. The molecule has 6 nitrogen and oxygen atoms in total. The van der Waals surface area contributed by atoms with Gasteiger partial charge < -0.3 is 0 Å². The van der Waals surface area contributed by atoms with Crippen molar-refractivity contribution < 1.29 is 12.6 Å². The van der Waals surface area contributed by atoms with Gasteiger partial charge in [0.25, 0.3) is 10.1 Å². The fourth-order valence-electron chi connectivity index (χ4n) is 8.44. The van der Waals surface area contributed by atoms with Crippen molar-refractivity contribution in [2.24, 2.45) is 39.6 Å². The Morgan fingerprint density at radius 3 is 2.39 bits per heavy atom. The van der Waals surface area contributed by atoms with Crippen LogP contribution in [0.15, 0.2) is 34.3 Å². The molecule has 0 N–H and O–H groups in total. The van der Waals surface area contributed by atoms with E-state index >= 15 is 0 Å². The quantitative estimate of drug-likeness (QED) is 0.209. The van der Waals surface area contributed by atoms with Crippen molar-refractivity contribution in [3.8, 4) is 0 Å². The highest BCUT2D eigenvalue weighted by molar-refractivity contribution is 7.86. The Kier molecular flexibility index (Phi) is 5.82. The first kappa shape index (κ1) is 23.2. The zero-order valence-electron chi connectivity index (χ0n) is 20.1. The van der Waals surface area contributed by atoms with Crippen LogP contribution in [0.5, 0.6) is 0 Å². The van der Waals surface area contributed by atoms with E-state index in [4.69, 9.17) is 9.71 Å². The highest BCUT2D eigenvalue weighted by Crippen LogP contribution is 2.66. The highest BCUT2D eigenvalue weighted by Gasteiger charge is 2.61. The Bertz CT molecular complexity index is 1050. The molecule has 1 aromatic carbocycles. The maximum absolute atomic E-state index is 13.1. The first-order chi connectivity index (χ1) is 15.7. The molecule has 1 aromatic rings. The van der Waals surface area contributed by atoms with Crippen molar-refractivity contribution in [2.45, 2.75) is 95.6 Å². The van der Waals surface area contributed by atoms with Crippen LogP contribution in [-0.2, 0) is 14.3 Å². The van der Waals surface area contributed by atoms with Crippen LogP contribution in [0.3, 0.4) is 0 Å². The van der Waals surface area contributed by atoms with E-state index in [1.807, 2.05) is 19.1 Å². The molecule has 0 aliphatic heterocycles. The zero-order chi connectivity index (χ0) is 23.4. The summed E-state index contributed by atoms with van der Waals surface area (Å²) in [5, 5.41) is 4.05. The van der Waals surface area contributed by atoms with Gasteiger partial charge in [0.1, 0.15) is 0 Å². The second kappa shape index (κ2) is 8.28. The molecule has 0 amide bonds. The lowest BCUT2D eigenvalue weighted by atomic mass is 9.45. The van der Waals surface area contributed by atoms with E-state index in [-0.39, 0.29) is 22.5 Å². The van der Waals surface area contributed by atoms with Gasteiger partial charge in [-0.2, -0.15) is 8.42 Å². The van der Waals surface area contributed by atoms with Gasteiger partial charge in [0.05, 0.1) is 11.0 Å². The van der Waals surface area contributed by atoms with Gasteiger partial charge in [0.15, 0.2) is 0 Å². The van der Waals surface area contributed by atoms with E-state index in [1.165, 1.54) is 12.8 Å². The van der Waals surface area contributed by atoms with E-state index < -0.39 is 10.1 Å². The molecule has 0 spiro atoms. The summed E-state index contributed by atoms with van der Waals surface area (Å²) in [6.07, 6.45) is 9.45. The minimum atomic E-state index is -3.76. The van der Waals surface area contributed by atoms with Gasteiger partial charge in [-0.1, -0.05) is 36.7 Å². The van der Waals surface area contributed by atoms with Crippen LogP contribution in [0.2, 0.25) is 0 Å². The van der Waals surface area contributed by atoms with Gasteiger partial charge in [-0.25, -0.2) is 0 Å². The molecule has 0 saturated heterocycles. The first-order valence-corrected chi connectivity index (χ1v) is 14.1. The second-order valence-corrected chi connectivity index (χ2v) is 13.3. The van der Waals surface area contributed by atoms with Crippen molar-refractivity contribution in [3.05, 3.63) is 40.3 Å². The maximum atomic E-state index is 13.1. The summed E-state index contributed by atoms with van der Waals surface area (Å²) in [6.45, 7) is 6.74. The SMILES string of the molecule is Cc1ccc(S(=O)(=O)O[C@@H]2CC[C@@H]3[C@@H]4CC[C@H]5C[C@H](N=[N+]=[N-])CC[C@]5(C)[C@@H]4CC[C@@]32C)cc1. The first-order valence-electron chi connectivity index (χ1n) is 12.7. The summed E-state index contributed by atoms with van der Waals surface area (Å²) in [6, 6.07) is 7.14. The van der Waals surface area contributed by atoms with Crippen molar-refractivity contribution >= 4 is 10.1 Å². The summed E-state index contributed by atoms with van der Waals surface area (Å²) in [7, 11) is -3.76. The molecule has 33 heavy (non-hydrogen) atoms. The van der Waals surface area contributed by atoms with Crippen LogP contribution in [0.1, 0.15) is 77.2 Å². The molecular weight excluding hydrogens is 434 g/mol. The summed E-state index contributed by atoms with van der Waals surface area (Å²) < 4.78 is 32.1. The number of benzene rings is 1. The predicted molar refractivity (Wildman–Crippen MR) is 128 cm³/mol. The molecule has 0 bridgehead atoms. The Labute approximate surface area is 198 Å². The van der Waals surface area contributed by atoms with E-state index in [1.54, 1.807) is 12.1 Å². The molecule has 0 radical (unpaired) electrons. The number of fused-ring (bicyclic) bond motifs is 5. The maximum Gasteiger partial charge on any atom is 0.297 e. The third kappa shape index (κ3) is 3.81. The average Bonchev–Trinajstić information content (AvgIpc) is 3.10. The van der Waals surface area contributed by atoms with Gasteiger partial charge in [-0.3, -0.25) is 4.18 Å². The largest absolute Gasteiger partial charge is 0.297 e. The molecule has 4 aliphatic carbocycles. The molecule has 4 aliphatic rings. The molecule has 0 heterocycles. The van der Waals surface area contributed by atoms with Crippen molar-refractivity contribution in [2.75, 3.05) is 0 Å². The normalized spacial score (nSPS) is 42.5. The van der Waals surface area contributed by atoms with Crippen molar-refractivity contribution in [1.82, 2.24) is 0 Å². The van der Waals surface area contributed by atoms with E-state index in [9.17, 15) is 8.42 Å². The molecule has 4 fully saturated rings. The number of nitrogens with zero attached hydrogens (tertiary/aromatic N) is 3. The summed E-state index contributed by atoms with van der Waals surface area (Å²) in [5.74, 6) is 2.51. The molecule has 180 valence electrons. The Morgan fingerprint density at radius 2 is 1.67 bits per heavy atom. The van der Waals surface area contributed by atoms with Crippen LogP contribution >= 0.6 is 0 Å². The summed E-state index contributed by atoms with van der Waals surface area (Å²) >= 11 is 0. The number of hydrogen-bond acceptors (Lipinski definition) is 4. The molecule has 8 atom stereocenters. The molecule has 5 rings (SSSR count). The predicted octanol–water partition coefficient (Wildman–Crippen LogP) is 6.79. The number of rotatable bonds is 4. The standard InChI is InChI=1S/C26H37N3O3S/c1-17-4-7-20(8-5-17)33(30,31)32-24-11-10-22-21-9-6-18-16-19(28-29-27)12-14-25(18,2)23(21)13-15-26(22,24)3/h4-5,7-8,18-19,21-24H,6,9-16H2,1-3H3/t18-,19+,21-,22+,23+,24+,25-,26-/m0/s1. The van der Waals surface area contributed by atoms with Crippen LogP contribution in [0, 0.1) is 41.4 Å². The summed E-state index contributed by atoms with van der Waals surface area (Å²) in [4.78, 5) is 3.34. The number of hydrogen-bond donors (Lipinski definition) is 0. The fourth-order valence-corrected chi connectivity index (χ4v) is 9.64. The summed E-state index contributed by atoms with van der Waals surface area (Å²) in [5.41, 5.74) is 10.2. The van der Waals surface area contributed by atoms with Gasteiger partial charge in [-0.15, -0.1) is 0 Å². The van der Waals surface area contributed by atoms with Gasteiger partial charge in [-0.05, 0) is 117 Å². The Hall–Kier alpha value is -1.56. The van der Waals surface area contributed by atoms with E-state index in [0.29, 0.717) is 29.1 Å². The van der Waals surface area contributed by atoms with Gasteiger partial charge >= 0.3 is 0 Å². The monoisotopic (exact) mass is 471 g/mol. The Morgan fingerprint density at radius 1 is 0.970 bits per heavy atom. The smallest absolute Gasteiger partial charge is 0.262 e. The third-order valence-electron chi connectivity index (χ3n) is 10.3.